The topological polar surface area (TPSA) is 94.2 Å². The van der Waals surface area contributed by atoms with E-state index >= 15 is 0 Å². The normalized spacial score (nSPS) is 23.8. The molecule has 1 N–H and O–H groups in total. The predicted octanol–water partition coefficient (Wildman–Crippen LogP) is 2.49. The van der Waals surface area contributed by atoms with E-state index in [1.54, 1.807) is 20.8 Å². The van der Waals surface area contributed by atoms with Crippen LogP contribution >= 0.6 is 12.2 Å². The van der Waals surface area contributed by atoms with E-state index in [9.17, 15) is 27.6 Å². The molecule has 8 nitrogen and oxygen atoms in total. The first-order valence-electron chi connectivity index (χ1n) is 9.14. The number of hydrogen-bond donors (Lipinski definition) is 1. The van der Waals surface area contributed by atoms with Crippen molar-refractivity contribution in [3.8, 4) is 0 Å². The first-order chi connectivity index (χ1) is 14.3. The summed E-state index contributed by atoms with van der Waals surface area (Å²) in [5.74, 6) is -1.95. The Kier molecular flexibility index (Phi) is 5.63. The molecule has 1 aromatic rings. The minimum atomic E-state index is -4.61. The van der Waals surface area contributed by atoms with Crippen molar-refractivity contribution in [1.82, 2.24) is 10.2 Å². The van der Waals surface area contributed by atoms with Gasteiger partial charge >= 0.3 is 18.2 Å². The Labute approximate surface area is 180 Å². The van der Waals surface area contributed by atoms with Gasteiger partial charge in [0.05, 0.1) is 12.1 Å². The van der Waals surface area contributed by atoms with E-state index in [0.29, 0.717) is 0 Å². The highest BCUT2D eigenvalue weighted by Crippen LogP contribution is 2.39. The Morgan fingerprint density at radius 2 is 1.84 bits per heavy atom. The maximum atomic E-state index is 13.3. The number of hydrogen-bond acceptors (Lipinski definition) is 7. The quantitative estimate of drug-likeness (QED) is 0.543. The van der Waals surface area contributed by atoms with Gasteiger partial charge in [-0.25, -0.2) is 14.5 Å². The van der Waals surface area contributed by atoms with E-state index in [1.165, 1.54) is 0 Å². The first kappa shape index (κ1) is 22.8. The molecule has 0 spiro atoms. The Balaban J connectivity index is 2.12. The van der Waals surface area contributed by atoms with Crippen LogP contribution in [0.2, 0.25) is 0 Å². The van der Waals surface area contributed by atoms with Crippen LogP contribution in [0, 0.1) is 0 Å². The lowest BCUT2D eigenvalue weighted by molar-refractivity contribution is -0.178. The molecule has 31 heavy (non-hydrogen) atoms. The molecule has 2 atom stereocenters. The third-order valence-electron chi connectivity index (χ3n) is 4.54. The minimum absolute atomic E-state index is 0.0394. The average Bonchev–Trinajstić information content (AvgIpc) is 3.23. The van der Waals surface area contributed by atoms with Crippen LogP contribution < -0.4 is 5.32 Å². The van der Waals surface area contributed by atoms with Crippen molar-refractivity contribution >= 4 is 35.4 Å². The lowest BCUT2D eigenvalue weighted by Gasteiger charge is -2.34. The summed E-state index contributed by atoms with van der Waals surface area (Å²) in [5.41, 5.74) is -4.35. The van der Waals surface area contributed by atoms with Gasteiger partial charge in [0.1, 0.15) is 12.2 Å². The number of carbonyl (C=O) groups is 3. The van der Waals surface area contributed by atoms with Crippen LogP contribution in [-0.2, 0) is 35.6 Å². The highest BCUT2D eigenvalue weighted by Gasteiger charge is 2.62. The largest absolute Gasteiger partial charge is 0.457 e. The van der Waals surface area contributed by atoms with Gasteiger partial charge in [0.15, 0.2) is 6.04 Å². The van der Waals surface area contributed by atoms with Crippen molar-refractivity contribution in [1.29, 1.82) is 0 Å². The Hall–Kier alpha value is -2.89. The second kappa shape index (κ2) is 7.66. The second-order valence-corrected chi connectivity index (χ2v) is 8.25. The molecule has 3 rings (SSSR count). The summed E-state index contributed by atoms with van der Waals surface area (Å²) in [4.78, 5) is 39.0. The smallest absolute Gasteiger partial charge is 0.416 e. The van der Waals surface area contributed by atoms with Crippen molar-refractivity contribution in [3.63, 3.8) is 0 Å². The van der Waals surface area contributed by atoms with Gasteiger partial charge in [0.25, 0.3) is 16.7 Å². The van der Waals surface area contributed by atoms with Crippen molar-refractivity contribution in [2.24, 2.45) is 0 Å². The molecule has 2 saturated heterocycles. The number of alkyl halides is 3. The fraction of sp³-hybridized carbons (Fsp3) is 0.474. The zero-order chi connectivity index (χ0) is 23.2. The number of benzene rings is 1. The minimum Gasteiger partial charge on any atom is -0.457 e. The Bertz CT molecular complexity index is 928. The molecule has 2 fully saturated rings. The number of thiocarbonyl (C=S) groups is 1. The van der Waals surface area contributed by atoms with Crippen molar-refractivity contribution in [2.75, 3.05) is 13.2 Å². The summed E-state index contributed by atoms with van der Waals surface area (Å²) < 4.78 is 54.8. The molecule has 0 bridgehead atoms. The van der Waals surface area contributed by atoms with Crippen LogP contribution in [-0.4, -0.2) is 52.8 Å². The molecule has 0 aromatic heterocycles. The fourth-order valence-corrected chi connectivity index (χ4v) is 3.45. The van der Waals surface area contributed by atoms with E-state index in [-0.39, 0.29) is 23.9 Å². The van der Waals surface area contributed by atoms with Gasteiger partial charge < -0.3 is 19.5 Å². The summed E-state index contributed by atoms with van der Waals surface area (Å²) in [6.45, 7) is 4.60. The number of rotatable bonds is 3. The average molecular weight is 460 g/mol. The summed E-state index contributed by atoms with van der Waals surface area (Å²) in [6, 6.07) is 1.93. The summed E-state index contributed by atoms with van der Waals surface area (Å²) in [5, 5.41) is 2.19. The third-order valence-corrected chi connectivity index (χ3v) is 4.74. The number of ether oxygens (including phenoxy) is 3. The van der Waals surface area contributed by atoms with Gasteiger partial charge in [0, 0.05) is 5.56 Å². The van der Waals surface area contributed by atoms with Gasteiger partial charge in [0.2, 0.25) is 0 Å². The maximum Gasteiger partial charge on any atom is 0.416 e. The molecule has 168 valence electrons. The highest BCUT2D eigenvalue weighted by molar-refractivity contribution is 7.80. The second-order valence-electron chi connectivity index (χ2n) is 7.88. The van der Waals surface area contributed by atoms with Crippen LogP contribution in [0.1, 0.15) is 31.9 Å². The molecule has 1 aromatic carbocycles. The summed E-state index contributed by atoms with van der Waals surface area (Å²) in [7, 11) is 0. The lowest BCUT2D eigenvalue weighted by Crippen LogP contribution is -2.58. The number of cyclic esters (lactones) is 1. The van der Waals surface area contributed by atoms with E-state index in [0.717, 1.165) is 29.2 Å². The van der Waals surface area contributed by atoms with Crippen LogP contribution in [0.4, 0.5) is 18.0 Å². The van der Waals surface area contributed by atoms with Crippen LogP contribution in [0.15, 0.2) is 24.3 Å². The third kappa shape index (κ3) is 4.29. The first-order valence-corrected chi connectivity index (χ1v) is 9.55. The van der Waals surface area contributed by atoms with Crippen LogP contribution in [0.25, 0.3) is 0 Å². The zero-order valence-corrected chi connectivity index (χ0v) is 17.6. The van der Waals surface area contributed by atoms with Crippen LogP contribution in [0.3, 0.4) is 0 Å². The van der Waals surface area contributed by atoms with Gasteiger partial charge in [-0.05, 0) is 45.1 Å². The van der Waals surface area contributed by atoms with Crippen molar-refractivity contribution in [2.45, 2.75) is 44.2 Å². The molecule has 2 heterocycles. The zero-order valence-electron chi connectivity index (χ0n) is 16.7. The molecule has 2 aliphatic rings. The van der Waals surface area contributed by atoms with Gasteiger partial charge in [-0.1, -0.05) is 12.1 Å². The monoisotopic (exact) mass is 460 g/mol. The molecule has 0 radical (unpaired) electrons. The van der Waals surface area contributed by atoms with Gasteiger partial charge in [-0.3, -0.25) is 4.79 Å². The lowest BCUT2D eigenvalue weighted by atomic mass is 9.85. The van der Waals surface area contributed by atoms with Gasteiger partial charge in [-0.2, -0.15) is 13.2 Å². The number of imide groups is 1. The number of carbonyl (C=O) groups excluding carboxylic acids is 3. The van der Waals surface area contributed by atoms with E-state index in [1.807, 2.05) is 0 Å². The van der Waals surface area contributed by atoms with Gasteiger partial charge in [-0.15, -0.1) is 0 Å². The predicted molar refractivity (Wildman–Crippen MR) is 103 cm³/mol. The number of nitrogens with zero attached hydrogens (tertiary/aromatic N) is 1. The molecular weight excluding hydrogens is 441 g/mol. The van der Waals surface area contributed by atoms with E-state index in [2.05, 4.69) is 5.32 Å². The fourth-order valence-electron chi connectivity index (χ4n) is 3.20. The standard InChI is InChI=1S/C19H19F3N2O6S/c1-17(2,3)29-14(26)18(10-4-6-11(7-5-10)19(20,21)22)12(23-15(31)30-18)13(25)24-8-9-28-16(24)27/h4-7,12H,8-9H2,1-3H3,(H,23,31)/t12-,18+/m0/s1. The molecule has 12 heteroatoms. The summed E-state index contributed by atoms with van der Waals surface area (Å²) in [6.07, 6.45) is -5.54. The Morgan fingerprint density at radius 1 is 1.23 bits per heavy atom. The number of halogens is 3. The molecule has 2 amide bonds. The SMILES string of the molecule is CC(C)(C)OC(=O)[C@]1(c2ccc(C(F)(F)F)cc2)OC(=S)N[C@H]1C(=O)N1CCOC1=O. The molecule has 0 aliphatic carbocycles. The number of amides is 2. The molecule has 0 saturated carbocycles. The van der Waals surface area contributed by atoms with Crippen molar-refractivity contribution < 1.29 is 41.8 Å². The van der Waals surface area contributed by atoms with E-state index < -0.39 is 47.0 Å². The molecular formula is C19H19F3N2O6S. The number of nitrogens with one attached hydrogen (secondary N) is 1. The Morgan fingerprint density at radius 3 is 2.32 bits per heavy atom. The van der Waals surface area contributed by atoms with Crippen molar-refractivity contribution in [3.05, 3.63) is 35.4 Å². The van der Waals surface area contributed by atoms with E-state index in [4.69, 9.17) is 26.4 Å². The van der Waals surface area contributed by atoms with Crippen LogP contribution in [0.5, 0.6) is 0 Å². The molecule has 2 aliphatic heterocycles. The number of esters is 1. The highest BCUT2D eigenvalue weighted by atomic mass is 32.1. The molecule has 0 unspecified atom stereocenters. The maximum absolute atomic E-state index is 13.3. The summed E-state index contributed by atoms with van der Waals surface area (Å²) >= 11 is 5.01.